The van der Waals surface area contributed by atoms with Crippen molar-refractivity contribution < 1.29 is 0 Å². The van der Waals surface area contributed by atoms with E-state index in [1.807, 2.05) is 7.05 Å². The monoisotopic (exact) mass is 343 g/mol. The lowest BCUT2D eigenvalue weighted by Gasteiger charge is -2.37. The normalized spacial score (nSPS) is 20.8. The molecule has 1 saturated heterocycles. The molecule has 0 amide bonds. The molecule has 1 aromatic carbocycles. The molecule has 2 fully saturated rings. The molecule has 1 N–H and O–H groups in total. The van der Waals surface area contributed by atoms with Gasteiger partial charge in [-0.05, 0) is 32.4 Å². The summed E-state index contributed by atoms with van der Waals surface area (Å²) in [6.45, 7) is 8.57. The first-order valence-corrected chi connectivity index (χ1v) is 9.61. The lowest BCUT2D eigenvalue weighted by molar-refractivity contribution is 0.171. The van der Waals surface area contributed by atoms with Crippen molar-refractivity contribution in [1.29, 1.82) is 0 Å². The van der Waals surface area contributed by atoms with Crippen molar-refractivity contribution >= 4 is 5.96 Å². The van der Waals surface area contributed by atoms with Gasteiger partial charge in [-0.2, -0.15) is 0 Å². The van der Waals surface area contributed by atoms with Gasteiger partial charge >= 0.3 is 0 Å². The fraction of sp³-hybridized carbons (Fsp3) is 0.650. The number of hydrogen-bond acceptors (Lipinski definition) is 3. The summed E-state index contributed by atoms with van der Waals surface area (Å²) in [6, 6.07) is 12.1. The van der Waals surface area contributed by atoms with Gasteiger partial charge < -0.3 is 10.2 Å². The van der Waals surface area contributed by atoms with Crippen LogP contribution >= 0.6 is 0 Å². The van der Waals surface area contributed by atoms with Crippen molar-refractivity contribution in [2.24, 2.45) is 4.99 Å². The zero-order valence-corrected chi connectivity index (χ0v) is 16.0. The third-order valence-corrected chi connectivity index (χ3v) is 5.51. The molecule has 1 atom stereocenters. The molecule has 1 saturated carbocycles. The molecule has 3 rings (SSSR count). The maximum absolute atomic E-state index is 4.51. The summed E-state index contributed by atoms with van der Waals surface area (Å²) < 4.78 is 0. The highest BCUT2D eigenvalue weighted by atomic mass is 15.3. The van der Waals surface area contributed by atoms with Gasteiger partial charge in [0.1, 0.15) is 0 Å². The maximum Gasteiger partial charge on any atom is 0.193 e. The number of likely N-dealkylation sites (N-methyl/N-ethyl adjacent to an activating group) is 1. The number of aliphatic imine (C=N–C) groups is 1. The molecule has 0 spiro atoms. The maximum atomic E-state index is 4.51. The summed E-state index contributed by atoms with van der Waals surface area (Å²) in [6.07, 6.45) is 2.72. The van der Waals surface area contributed by atoms with Gasteiger partial charge in [-0.15, -0.1) is 0 Å². The second kappa shape index (κ2) is 8.68. The van der Waals surface area contributed by atoms with Gasteiger partial charge in [0.05, 0.1) is 0 Å². The van der Waals surface area contributed by atoms with E-state index in [1.54, 1.807) is 0 Å². The van der Waals surface area contributed by atoms with Crippen LogP contribution in [0.3, 0.4) is 0 Å². The zero-order chi connectivity index (χ0) is 17.6. The molecular weight excluding hydrogens is 310 g/mol. The first-order chi connectivity index (χ1) is 12.2. The number of piperazine rings is 1. The van der Waals surface area contributed by atoms with Crippen molar-refractivity contribution in [3.63, 3.8) is 0 Å². The lowest BCUT2D eigenvalue weighted by Crippen LogP contribution is -2.53. The van der Waals surface area contributed by atoms with Crippen LogP contribution < -0.4 is 5.32 Å². The van der Waals surface area contributed by atoms with Gasteiger partial charge in [0.25, 0.3) is 0 Å². The van der Waals surface area contributed by atoms with Gasteiger partial charge in [0, 0.05) is 58.4 Å². The smallest absolute Gasteiger partial charge is 0.193 e. The molecule has 1 aliphatic heterocycles. The highest BCUT2D eigenvalue weighted by Crippen LogP contribution is 2.26. The van der Waals surface area contributed by atoms with Crippen molar-refractivity contribution in [2.75, 3.05) is 46.8 Å². The third-order valence-electron chi connectivity index (χ3n) is 5.51. The average Bonchev–Trinajstić information content (AvgIpc) is 3.48. The van der Waals surface area contributed by atoms with Gasteiger partial charge in [-0.25, -0.2) is 0 Å². The molecule has 5 heteroatoms. The van der Waals surface area contributed by atoms with Crippen LogP contribution in [0, 0.1) is 0 Å². The van der Waals surface area contributed by atoms with Crippen molar-refractivity contribution in [3.8, 4) is 0 Å². The fourth-order valence-electron chi connectivity index (χ4n) is 3.52. The Labute approximate surface area is 152 Å². The number of guanidine groups is 1. The second-order valence-corrected chi connectivity index (χ2v) is 7.42. The SMILES string of the molecule is CN=C(NCC(C)N(C)C1CC1)N1CCN(Cc2ccccc2)CC1. The Hall–Kier alpha value is -1.59. The van der Waals surface area contributed by atoms with E-state index in [0.717, 1.165) is 51.3 Å². The molecule has 0 aromatic heterocycles. The van der Waals surface area contributed by atoms with E-state index in [1.165, 1.54) is 18.4 Å². The van der Waals surface area contributed by atoms with E-state index in [-0.39, 0.29) is 0 Å². The van der Waals surface area contributed by atoms with Crippen molar-refractivity contribution in [3.05, 3.63) is 35.9 Å². The van der Waals surface area contributed by atoms with Gasteiger partial charge in [0.2, 0.25) is 0 Å². The predicted molar refractivity (Wildman–Crippen MR) is 105 cm³/mol. The van der Waals surface area contributed by atoms with Crippen LogP contribution in [-0.4, -0.2) is 79.6 Å². The molecule has 138 valence electrons. The van der Waals surface area contributed by atoms with E-state index in [0.29, 0.717) is 6.04 Å². The number of nitrogens with one attached hydrogen (secondary N) is 1. The van der Waals surface area contributed by atoms with E-state index < -0.39 is 0 Å². The molecule has 1 aliphatic carbocycles. The van der Waals surface area contributed by atoms with Gasteiger partial charge in [-0.1, -0.05) is 30.3 Å². The molecule has 5 nitrogen and oxygen atoms in total. The molecule has 0 radical (unpaired) electrons. The predicted octanol–water partition coefficient (Wildman–Crippen LogP) is 1.86. The summed E-state index contributed by atoms with van der Waals surface area (Å²) in [5.74, 6) is 1.05. The minimum atomic E-state index is 0.545. The standard InChI is InChI=1S/C20H33N5/c1-17(23(3)19-9-10-19)15-22-20(21-2)25-13-11-24(12-14-25)16-18-7-5-4-6-8-18/h4-8,17,19H,9-16H2,1-3H3,(H,21,22). The Morgan fingerprint density at radius 3 is 2.48 bits per heavy atom. The molecule has 0 bridgehead atoms. The lowest BCUT2D eigenvalue weighted by atomic mass is 10.2. The highest BCUT2D eigenvalue weighted by molar-refractivity contribution is 5.80. The third kappa shape index (κ3) is 5.19. The summed E-state index contributed by atoms with van der Waals surface area (Å²) in [5, 5.41) is 3.58. The number of rotatable bonds is 6. The van der Waals surface area contributed by atoms with Crippen LogP contribution in [0.1, 0.15) is 25.3 Å². The van der Waals surface area contributed by atoms with E-state index in [2.05, 4.69) is 69.3 Å². The first-order valence-electron chi connectivity index (χ1n) is 9.61. The summed E-state index contributed by atoms with van der Waals surface area (Å²) in [5.41, 5.74) is 1.40. The molecular formula is C20H33N5. The topological polar surface area (TPSA) is 34.1 Å². The van der Waals surface area contributed by atoms with Gasteiger partial charge in [-0.3, -0.25) is 14.8 Å². The minimum Gasteiger partial charge on any atom is -0.355 e. The fourth-order valence-corrected chi connectivity index (χ4v) is 3.52. The largest absolute Gasteiger partial charge is 0.355 e. The quantitative estimate of drug-likeness (QED) is 0.632. The van der Waals surface area contributed by atoms with Crippen LogP contribution in [-0.2, 0) is 6.54 Å². The molecule has 1 heterocycles. The molecule has 1 unspecified atom stereocenters. The van der Waals surface area contributed by atoms with E-state index in [4.69, 9.17) is 0 Å². The van der Waals surface area contributed by atoms with E-state index in [9.17, 15) is 0 Å². The Bertz CT molecular complexity index is 546. The molecule has 1 aromatic rings. The van der Waals surface area contributed by atoms with Crippen molar-refractivity contribution in [2.45, 2.75) is 38.4 Å². The van der Waals surface area contributed by atoms with Crippen LogP contribution in [0.5, 0.6) is 0 Å². The van der Waals surface area contributed by atoms with Crippen LogP contribution in [0.15, 0.2) is 35.3 Å². The Kier molecular flexibility index (Phi) is 6.32. The number of nitrogens with zero attached hydrogens (tertiary/aromatic N) is 4. The highest BCUT2D eigenvalue weighted by Gasteiger charge is 2.29. The Morgan fingerprint density at radius 2 is 1.88 bits per heavy atom. The summed E-state index contributed by atoms with van der Waals surface area (Å²) in [4.78, 5) is 11.9. The average molecular weight is 344 g/mol. The zero-order valence-electron chi connectivity index (χ0n) is 16.0. The second-order valence-electron chi connectivity index (χ2n) is 7.42. The summed E-state index contributed by atoms with van der Waals surface area (Å²) >= 11 is 0. The molecule has 25 heavy (non-hydrogen) atoms. The van der Waals surface area contributed by atoms with E-state index >= 15 is 0 Å². The Balaban J connectivity index is 1.42. The number of hydrogen-bond donors (Lipinski definition) is 1. The Morgan fingerprint density at radius 1 is 1.20 bits per heavy atom. The summed E-state index contributed by atoms with van der Waals surface area (Å²) in [7, 11) is 4.14. The molecule has 2 aliphatic rings. The first kappa shape index (κ1) is 18.2. The van der Waals surface area contributed by atoms with Crippen molar-refractivity contribution in [1.82, 2.24) is 20.0 Å². The number of benzene rings is 1. The van der Waals surface area contributed by atoms with Crippen LogP contribution in [0.2, 0.25) is 0 Å². The van der Waals surface area contributed by atoms with Crippen LogP contribution in [0.25, 0.3) is 0 Å². The van der Waals surface area contributed by atoms with Crippen LogP contribution in [0.4, 0.5) is 0 Å². The van der Waals surface area contributed by atoms with Gasteiger partial charge in [0.15, 0.2) is 5.96 Å². The minimum absolute atomic E-state index is 0.545.